The molecule has 2 aromatic rings. The second-order valence-electron chi connectivity index (χ2n) is 5.04. The second kappa shape index (κ2) is 6.74. The Balaban J connectivity index is 2.06. The van der Waals surface area contributed by atoms with E-state index < -0.39 is 0 Å². The van der Waals surface area contributed by atoms with E-state index in [1.165, 1.54) is 5.56 Å². The largest absolute Gasteiger partial charge is 0.396 e. The number of aliphatic hydroxyl groups excluding tert-OH is 1. The molecule has 0 heterocycles. The molecule has 19 heavy (non-hydrogen) atoms. The Morgan fingerprint density at radius 2 is 1.79 bits per heavy atom. The summed E-state index contributed by atoms with van der Waals surface area (Å²) in [4.78, 5) is 0. The molecule has 0 radical (unpaired) electrons. The smallest absolute Gasteiger partial charge is 0.0465 e. The molecule has 0 saturated heterocycles. The van der Waals surface area contributed by atoms with Crippen molar-refractivity contribution in [2.75, 3.05) is 6.61 Å². The van der Waals surface area contributed by atoms with E-state index >= 15 is 0 Å². The third-order valence-corrected chi connectivity index (χ3v) is 3.69. The SMILES string of the molecule is Cc1ccc(CC(CO)Cc2ccccc2)c(Cl)c1. The molecule has 0 aliphatic carbocycles. The highest BCUT2D eigenvalue weighted by Gasteiger charge is 2.11. The Bertz CT molecular complexity index is 522. The predicted molar refractivity (Wildman–Crippen MR) is 80.6 cm³/mol. The first-order valence-electron chi connectivity index (χ1n) is 6.59. The first-order chi connectivity index (χ1) is 9.19. The van der Waals surface area contributed by atoms with Crippen LogP contribution in [0, 0.1) is 12.8 Å². The third-order valence-electron chi connectivity index (χ3n) is 3.34. The van der Waals surface area contributed by atoms with Gasteiger partial charge in [-0.05, 0) is 48.4 Å². The van der Waals surface area contributed by atoms with Crippen molar-refractivity contribution in [1.29, 1.82) is 0 Å². The summed E-state index contributed by atoms with van der Waals surface area (Å²) in [5.74, 6) is 0.211. The van der Waals surface area contributed by atoms with Crippen LogP contribution in [-0.4, -0.2) is 11.7 Å². The van der Waals surface area contributed by atoms with Crippen molar-refractivity contribution in [3.05, 3.63) is 70.2 Å². The quantitative estimate of drug-likeness (QED) is 0.872. The zero-order valence-electron chi connectivity index (χ0n) is 11.1. The number of benzene rings is 2. The predicted octanol–water partition coefficient (Wildman–Crippen LogP) is 4.04. The van der Waals surface area contributed by atoms with Crippen molar-refractivity contribution >= 4 is 11.6 Å². The van der Waals surface area contributed by atoms with E-state index in [0.717, 1.165) is 29.0 Å². The number of hydrogen-bond donors (Lipinski definition) is 1. The summed E-state index contributed by atoms with van der Waals surface area (Å²) in [6.07, 6.45) is 1.69. The van der Waals surface area contributed by atoms with Gasteiger partial charge in [0.1, 0.15) is 0 Å². The van der Waals surface area contributed by atoms with Gasteiger partial charge in [0.25, 0.3) is 0 Å². The summed E-state index contributed by atoms with van der Waals surface area (Å²) in [5, 5.41) is 10.3. The van der Waals surface area contributed by atoms with Crippen molar-refractivity contribution < 1.29 is 5.11 Å². The number of halogens is 1. The van der Waals surface area contributed by atoms with E-state index in [1.54, 1.807) is 0 Å². The van der Waals surface area contributed by atoms with Gasteiger partial charge in [-0.1, -0.05) is 54.1 Å². The summed E-state index contributed by atoms with van der Waals surface area (Å²) in [7, 11) is 0. The van der Waals surface area contributed by atoms with Crippen LogP contribution in [-0.2, 0) is 12.8 Å². The Kier molecular flexibility index (Phi) is 5.00. The van der Waals surface area contributed by atoms with Gasteiger partial charge in [0.05, 0.1) is 0 Å². The third kappa shape index (κ3) is 4.09. The van der Waals surface area contributed by atoms with Crippen LogP contribution in [0.4, 0.5) is 0 Å². The van der Waals surface area contributed by atoms with Gasteiger partial charge in [-0.25, -0.2) is 0 Å². The monoisotopic (exact) mass is 274 g/mol. The van der Waals surface area contributed by atoms with E-state index in [1.807, 2.05) is 31.2 Å². The maximum Gasteiger partial charge on any atom is 0.0465 e. The van der Waals surface area contributed by atoms with E-state index in [4.69, 9.17) is 11.6 Å². The molecule has 1 unspecified atom stereocenters. The lowest BCUT2D eigenvalue weighted by atomic mass is 9.93. The molecule has 2 rings (SSSR count). The van der Waals surface area contributed by atoms with Gasteiger partial charge in [0, 0.05) is 11.6 Å². The van der Waals surface area contributed by atoms with Gasteiger partial charge in [-0.2, -0.15) is 0 Å². The summed E-state index contributed by atoms with van der Waals surface area (Å²) in [6.45, 7) is 2.21. The molecule has 0 aliphatic heterocycles. The summed E-state index contributed by atoms with van der Waals surface area (Å²) in [6, 6.07) is 16.4. The molecule has 0 bridgehead atoms. The lowest BCUT2D eigenvalue weighted by Gasteiger charge is -2.15. The molecule has 2 heteroatoms. The highest BCUT2D eigenvalue weighted by atomic mass is 35.5. The van der Waals surface area contributed by atoms with Gasteiger partial charge >= 0.3 is 0 Å². The fourth-order valence-electron chi connectivity index (χ4n) is 2.28. The van der Waals surface area contributed by atoms with Crippen LogP contribution in [0.15, 0.2) is 48.5 Å². The molecule has 100 valence electrons. The van der Waals surface area contributed by atoms with Crippen LogP contribution in [0.25, 0.3) is 0 Å². The lowest BCUT2D eigenvalue weighted by Crippen LogP contribution is -2.13. The highest BCUT2D eigenvalue weighted by Crippen LogP contribution is 2.22. The fraction of sp³-hybridized carbons (Fsp3) is 0.294. The molecule has 0 fully saturated rings. The van der Waals surface area contributed by atoms with E-state index in [2.05, 4.69) is 24.3 Å². The average molecular weight is 275 g/mol. The Labute approximate surface area is 119 Å². The Morgan fingerprint density at radius 3 is 2.42 bits per heavy atom. The van der Waals surface area contributed by atoms with Gasteiger partial charge in [0.15, 0.2) is 0 Å². The molecular formula is C17H19ClO. The maximum absolute atomic E-state index is 9.55. The molecule has 0 amide bonds. The molecule has 1 atom stereocenters. The van der Waals surface area contributed by atoms with Crippen LogP contribution in [0.1, 0.15) is 16.7 Å². The summed E-state index contributed by atoms with van der Waals surface area (Å²) in [5.41, 5.74) is 3.53. The molecule has 0 aliphatic rings. The van der Waals surface area contributed by atoms with E-state index in [0.29, 0.717) is 0 Å². The maximum atomic E-state index is 9.55. The van der Waals surface area contributed by atoms with Crippen LogP contribution >= 0.6 is 11.6 Å². The van der Waals surface area contributed by atoms with E-state index in [-0.39, 0.29) is 12.5 Å². The van der Waals surface area contributed by atoms with Gasteiger partial charge in [-0.3, -0.25) is 0 Å². The van der Waals surface area contributed by atoms with Crippen LogP contribution in [0.2, 0.25) is 5.02 Å². The van der Waals surface area contributed by atoms with Crippen LogP contribution in [0.3, 0.4) is 0 Å². The van der Waals surface area contributed by atoms with Crippen molar-refractivity contribution in [2.45, 2.75) is 19.8 Å². The average Bonchev–Trinajstić information content (AvgIpc) is 2.42. The van der Waals surface area contributed by atoms with Gasteiger partial charge < -0.3 is 5.11 Å². The number of aliphatic hydroxyl groups is 1. The second-order valence-corrected chi connectivity index (χ2v) is 5.44. The molecule has 0 spiro atoms. The highest BCUT2D eigenvalue weighted by molar-refractivity contribution is 6.31. The Morgan fingerprint density at radius 1 is 1.05 bits per heavy atom. The van der Waals surface area contributed by atoms with Crippen molar-refractivity contribution in [2.24, 2.45) is 5.92 Å². The first kappa shape index (κ1) is 14.1. The van der Waals surface area contributed by atoms with Crippen molar-refractivity contribution in [1.82, 2.24) is 0 Å². The van der Waals surface area contributed by atoms with Gasteiger partial charge in [-0.15, -0.1) is 0 Å². The molecule has 1 N–H and O–H groups in total. The molecule has 2 aromatic carbocycles. The Hall–Kier alpha value is -1.31. The van der Waals surface area contributed by atoms with E-state index in [9.17, 15) is 5.11 Å². The van der Waals surface area contributed by atoms with Crippen LogP contribution < -0.4 is 0 Å². The number of aryl methyl sites for hydroxylation is 1. The van der Waals surface area contributed by atoms with Crippen LogP contribution in [0.5, 0.6) is 0 Å². The minimum Gasteiger partial charge on any atom is -0.396 e. The zero-order valence-corrected chi connectivity index (χ0v) is 11.9. The molecule has 1 nitrogen and oxygen atoms in total. The van der Waals surface area contributed by atoms with Gasteiger partial charge in [0.2, 0.25) is 0 Å². The first-order valence-corrected chi connectivity index (χ1v) is 6.96. The summed E-state index contributed by atoms with van der Waals surface area (Å²) < 4.78 is 0. The standard InChI is InChI=1S/C17H19ClO/c1-13-7-8-16(17(18)9-13)11-15(12-19)10-14-5-3-2-4-6-14/h2-9,15,19H,10-12H2,1H3. The summed E-state index contributed by atoms with van der Waals surface area (Å²) >= 11 is 6.25. The topological polar surface area (TPSA) is 20.2 Å². The molecule has 0 aromatic heterocycles. The fourth-order valence-corrected chi connectivity index (χ4v) is 2.59. The molecular weight excluding hydrogens is 256 g/mol. The number of rotatable bonds is 5. The van der Waals surface area contributed by atoms with Crippen molar-refractivity contribution in [3.8, 4) is 0 Å². The normalized spacial score (nSPS) is 12.4. The molecule has 0 saturated carbocycles. The van der Waals surface area contributed by atoms with Crippen molar-refractivity contribution in [3.63, 3.8) is 0 Å². The number of hydrogen-bond acceptors (Lipinski definition) is 1. The minimum absolute atomic E-state index is 0.180. The minimum atomic E-state index is 0.180. The lowest BCUT2D eigenvalue weighted by molar-refractivity contribution is 0.225. The zero-order chi connectivity index (χ0) is 13.7.